The van der Waals surface area contributed by atoms with Gasteiger partial charge in [0.2, 0.25) is 0 Å². The molecule has 0 aliphatic carbocycles. The van der Waals surface area contributed by atoms with Crippen LogP contribution in [0.3, 0.4) is 0 Å². The third-order valence-electron chi connectivity index (χ3n) is 3.11. The fraction of sp³-hybridized carbons (Fsp3) is 0.385. The Kier molecular flexibility index (Phi) is 3.78. The highest BCUT2D eigenvalue weighted by Crippen LogP contribution is 2.37. The van der Waals surface area contributed by atoms with Gasteiger partial charge in [-0.25, -0.2) is 0 Å². The van der Waals surface area contributed by atoms with Crippen molar-refractivity contribution in [2.24, 2.45) is 5.73 Å². The van der Waals surface area contributed by atoms with Crippen LogP contribution >= 0.6 is 11.6 Å². The monoisotopic (exact) mass is 290 g/mol. The van der Waals surface area contributed by atoms with Crippen LogP contribution < -0.4 is 5.73 Å². The van der Waals surface area contributed by atoms with E-state index in [9.17, 15) is 13.2 Å². The molecule has 19 heavy (non-hydrogen) atoms. The number of rotatable bonds is 3. The topological polar surface area (TPSA) is 41.8 Å². The Bertz CT molecular complexity index is 589. The number of hydrogen-bond acceptors (Lipinski definition) is 1. The van der Waals surface area contributed by atoms with Crippen LogP contribution in [0.2, 0.25) is 5.02 Å². The summed E-state index contributed by atoms with van der Waals surface area (Å²) in [4.78, 5) is 2.93. The normalized spacial score (nSPS) is 14.0. The zero-order chi connectivity index (χ0) is 14.2. The second-order valence-electron chi connectivity index (χ2n) is 4.55. The first-order valence-corrected chi connectivity index (χ1v) is 6.33. The van der Waals surface area contributed by atoms with Crippen molar-refractivity contribution in [3.63, 3.8) is 0 Å². The summed E-state index contributed by atoms with van der Waals surface area (Å²) < 4.78 is 38.7. The summed E-state index contributed by atoms with van der Waals surface area (Å²) in [6, 6.07) is 3.66. The van der Waals surface area contributed by atoms with Crippen molar-refractivity contribution in [3.8, 4) is 0 Å². The number of halogens is 4. The highest BCUT2D eigenvalue weighted by molar-refractivity contribution is 6.35. The quantitative estimate of drug-likeness (QED) is 0.877. The predicted molar refractivity (Wildman–Crippen MR) is 70.3 cm³/mol. The maximum atomic E-state index is 12.9. The molecule has 104 valence electrons. The van der Waals surface area contributed by atoms with E-state index in [2.05, 4.69) is 4.98 Å². The largest absolute Gasteiger partial charge is 0.417 e. The van der Waals surface area contributed by atoms with E-state index in [0.29, 0.717) is 17.6 Å². The number of aromatic nitrogens is 1. The van der Waals surface area contributed by atoms with E-state index in [4.69, 9.17) is 17.3 Å². The van der Waals surface area contributed by atoms with Gasteiger partial charge in [0.1, 0.15) is 0 Å². The summed E-state index contributed by atoms with van der Waals surface area (Å²) in [6.07, 6.45) is -3.14. The van der Waals surface area contributed by atoms with Crippen LogP contribution in [-0.4, -0.2) is 11.0 Å². The van der Waals surface area contributed by atoms with Crippen LogP contribution in [0.25, 0.3) is 10.9 Å². The van der Waals surface area contributed by atoms with Crippen molar-refractivity contribution in [1.29, 1.82) is 0 Å². The average molecular weight is 291 g/mol. The highest BCUT2D eigenvalue weighted by atomic mass is 35.5. The second kappa shape index (κ2) is 5.06. The van der Waals surface area contributed by atoms with Crippen LogP contribution in [-0.2, 0) is 12.6 Å². The first kappa shape index (κ1) is 14.2. The van der Waals surface area contributed by atoms with Gasteiger partial charge < -0.3 is 10.7 Å². The molecular formula is C13H14ClF3N2. The minimum Gasteiger partial charge on any atom is -0.357 e. The lowest BCUT2D eigenvalue weighted by Crippen LogP contribution is -2.21. The Morgan fingerprint density at radius 2 is 2.05 bits per heavy atom. The van der Waals surface area contributed by atoms with Crippen molar-refractivity contribution in [2.45, 2.75) is 32.0 Å². The molecule has 0 spiro atoms. The Labute approximate surface area is 113 Å². The standard InChI is InChI=1S/C13H14ClF3N2/c1-2-7(18)5-8-6-9-10(13(15,16)17)3-4-11(14)12(9)19-8/h3-4,6-7,19H,2,5,18H2,1H3. The summed E-state index contributed by atoms with van der Waals surface area (Å²) in [5.41, 5.74) is 6.12. The number of nitrogens with one attached hydrogen (secondary N) is 1. The van der Waals surface area contributed by atoms with E-state index in [0.717, 1.165) is 12.5 Å². The van der Waals surface area contributed by atoms with Crippen molar-refractivity contribution in [1.82, 2.24) is 4.98 Å². The molecule has 0 saturated heterocycles. The molecule has 0 bridgehead atoms. The molecule has 0 fully saturated rings. The van der Waals surface area contributed by atoms with Crippen LogP contribution in [0, 0.1) is 0 Å². The summed E-state index contributed by atoms with van der Waals surface area (Å²) in [6.45, 7) is 1.93. The molecule has 1 aromatic carbocycles. The van der Waals surface area contributed by atoms with Gasteiger partial charge in [-0.1, -0.05) is 18.5 Å². The smallest absolute Gasteiger partial charge is 0.357 e. The van der Waals surface area contributed by atoms with E-state index in [-0.39, 0.29) is 16.5 Å². The molecule has 1 atom stereocenters. The van der Waals surface area contributed by atoms with Crippen LogP contribution in [0.4, 0.5) is 13.2 Å². The van der Waals surface area contributed by atoms with Gasteiger partial charge in [-0.05, 0) is 24.6 Å². The third-order valence-corrected chi connectivity index (χ3v) is 3.43. The molecule has 0 aliphatic heterocycles. The average Bonchev–Trinajstić information content (AvgIpc) is 2.71. The Balaban J connectivity index is 2.54. The first-order chi connectivity index (χ1) is 8.82. The highest BCUT2D eigenvalue weighted by Gasteiger charge is 2.33. The van der Waals surface area contributed by atoms with Gasteiger partial charge in [-0.15, -0.1) is 0 Å². The van der Waals surface area contributed by atoms with E-state index in [1.165, 1.54) is 12.1 Å². The van der Waals surface area contributed by atoms with Crippen LogP contribution in [0.15, 0.2) is 18.2 Å². The number of H-pyrrole nitrogens is 1. The van der Waals surface area contributed by atoms with Gasteiger partial charge in [0.05, 0.1) is 16.1 Å². The maximum absolute atomic E-state index is 12.9. The van der Waals surface area contributed by atoms with E-state index >= 15 is 0 Å². The summed E-state index contributed by atoms with van der Waals surface area (Å²) in [7, 11) is 0. The fourth-order valence-electron chi connectivity index (χ4n) is 2.02. The number of aromatic amines is 1. The molecule has 1 unspecified atom stereocenters. The van der Waals surface area contributed by atoms with E-state index < -0.39 is 11.7 Å². The first-order valence-electron chi connectivity index (χ1n) is 5.95. The lowest BCUT2D eigenvalue weighted by molar-refractivity contribution is -0.136. The molecule has 0 saturated carbocycles. The van der Waals surface area contributed by atoms with Gasteiger partial charge in [-0.3, -0.25) is 0 Å². The molecule has 0 radical (unpaired) electrons. The second-order valence-corrected chi connectivity index (χ2v) is 4.96. The summed E-state index contributed by atoms with van der Waals surface area (Å²) in [5.74, 6) is 0. The Hall–Kier alpha value is -1.20. The lowest BCUT2D eigenvalue weighted by atomic mass is 10.1. The minimum atomic E-state index is -4.39. The Morgan fingerprint density at radius 3 is 2.63 bits per heavy atom. The summed E-state index contributed by atoms with van der Waals surface area (Å²) in [5, 5.41) is 0.373. The maximum Gasteiger partial charge on any atom is 0.417 e. The molecule has 2 aromatic rings. The SMILES string of the molecule is CCC(N)Cc1cc2c(C(F)(F)F)ccc(Cl)c2[nH]1. The number of fused-ring (bicyclic) bond motifs is 1. The molecule has 2 rings (SSSR count). The van der Waals surface area contributed by atoms with Gasteiger partial charge in [-0.2, -0.15) is 13.2 Å². The molecule has 2 nitrogen and oxygen atoms in total. The van der Waals surface area contributed by atoms with Crippen LogP contribution in [0.1, 0.15) is 24.6 Å². The van der Waals surface area contributed by atoms with Gasteiger partial charge in [0.25, 0.3) is 0 Å². The number of hydrogen-bond donors (Lipinski definition) is 2. The molecule has 3 N–H and O–H groups in total. The van der Waals surface area contributed by atoms with Gasteiger partial charge >= 0.3 is 6.18 Å². The lowest BCUT2D eigenvalue weighted by Gasteiger charge is -2.08. The minimum absolute atomic E-state index is 0.0822. The molecule has 0 aliphatic rings. The zero-order valence-corrected chi connectivity index (χ0v) is 11.1. The van der Waals surface area contributed by atoms with Crippen molar-refractivity contribution < 1.29 is 13.2 Å². The number of nitrogens with two attached hydrogens (primary N) is 1. The summed E-state index contributed by atoms with van der Waals surface area (Å²) >= 11 is 5.93. The molecular weight excluding hydrogens is 277 g/mol. The zero-order valence-electron chi connectivity index (χ0n) is 10.3. The van der Waals surface area contributed by atoms with Gasteiger partial charge in [0.15, 0.2) is 0 Å². The van der Waals surface area contributed by atoms with Crippen LogP contribution in [0.5, 0.6) is 0 Å². The Morgan fingerprint density at radius 1 is 1.37 bits per heavy atom. The van der Waals surface area contributed by atoms with Gasteiger partial charge in [0, 0.05) is 23.5 Å². The third kappa shape index (κ3) is 2.87. The van der Waals surface area contributed by atoms with Crippen molar-refractivity contribution in [2.75, 3.05) is 0 Å². The number of benzene rings is 1. The number of alkyl halides is 3. The molecule has 0 amide bonds. The molecule has 6 heteroatoms. The molecule has 1 aromatic heterocycles. The van der Waals surface area contributed by atoms with E-state index in [1.807, 2.05) is 6.92 Å². The molecule has 1 heterocycles. The fourth-order valence-corrected chi connectivity index (χ4v) is 2.24. The van der Waals surface area contributed by atoms with E-state index in [1.54, 1.807) is 0 Å². The van der Waals surface area contributed by atoms with Crippen molar-refractivity contribution in [3.05, 3.63) is 34.5 Å². The predicted octanol–water partition coefficient (Wildman–Crippen LogP) is 4.12. The van der Waals surface area contributed by atoms with Crippen molar-refractivity contribution >= 4 is 22.5 Å².